The number of fused-ring (bicyclic) bond motifs is 3. The van der Waals surface area contributed by atoms with Crippen LogP contribution in [0.3, 0.4) is 0 Å². The van der Waals surface area contributed by atoms with Crippen LogP contribution in [0.5, 0.6) is 0 Å². The number of hydrogen-bond donors (Lipinski definition) is 0. The van der Waals surface area contributed by atoms with Gasteiger partial charge in [0.25, 0.3) is 0 Å². The maximum Gasteiger partial charge on any atom is 0.145 e. The standard InChI is InChI=1S/C21H29N3O/c1-3-5-6-7-8-11-16(4-2)21-23-22-20-15-18(25)14-17-12-9-10-13-19(17)24(20)21/h9-10,12-13,16H,3-8,11,14-15H2,1-2H3. The van der Waals surface area contributed by atoms with Crippen LogP contribution in [0, 0.1) is 0 Å². The summed E-state index contributed by atoms with van der Waals surface area (Å²) in [4.78, 5) is 12.2. The third-order valence-corrected chi connectivity index (χ3v) is 5.24. The first-order chi connectivity index (χ1) is 12.2. The Labute approximate surface area is 150 Å². The minimum Gasteiger partial charge on any atom is -0.299 e. The molecule has 1 aromatic carbocycles. The lowest BCUT2D eigenvalue weighted by atomic mass is 9.96. The molecule has 1 aromatic heterocycles. The number of Topliss-reactive ketones (excluding diaryl/α,β-unsaturated/α-hetero) is 1. The van der Waals surface area contributed by atoms with Crippen molar-refractivity contribution >= 4 is 5.78 Å². The van der Waals surface area contributed by atoms with Gasteiger partial charge in [0.05, 0.1) is 12.1 Å². The van der Waals surface area contributed by atoms with Gasteiger partial charge in [0.1, 0.15) is 17.4 Å². The number of benzene rings is 1. The van der Waals surface area contributed by atoms with Crippen LogP contribution in [0.2, 0.25) is 0 Å². The minimum atomic E-state index is 0.220. The van der Waals surface area contributed by atoms with Crippen LogP contribution < -0.4 is 0 Å². The predicted octanol–water partition coefficient (Wildman–Crippen LogP) is 4.79. The van der Waals surface area contributed by atoms with Gasteiger partial charge in [0.15, 0.2) is 0 Å². The molecular formula is C21H29N3O. The first kappa shape index (κ1) is 17.8. The number of carbonyl (C=O) groups is 1. The second kappa shape index (κ2) is 8.41. The highest BCUT2D eigenvalue weighted by Crippen LogP contribution is 2.30. The van der Waals surface area contributed by atoms with Crippen LogP contribution in [-0.4, -0.2) is 20.5 Å². The molecule has 0 N–H and O–H groups in total. The summed E-state index contributed by atoms with van der Waals surface area (Å²) < 4.78 is 2.17. The molecule has 0 saturated carbocycles. The van der Waals surface area contributed by atoms with E-state index in [1.807, 2.05) is 12.1 Å². The van der Waals surface area contributed by atoms with E-state index < -0.39 is 0 Å². The molecule has 134 valence electrons. The Morgan fingerprint density at radius 1 is 1.04 bits per heavy atom. The Kier molecular flexibility index (Phi) is 6.00. The van der Waals surface area contributed by atoms with Gasteiger partial charge in [0, 0.05) is 12.3 Å². The second-order valence-corrected chi connectivity index (χ2v) is 7.14. The van der Waals surface area contributed by atoms with Gasteiger partial charge in [-0.1, -0.05) is 64.2 Å². The fourth-order valence-corrected chi connectivity index (χ4v) is 3.81. The zero-order valence-electron chi connectivity index (χ0n) is 15.5. The predicted molar refractivity (Wildman–Crippen MR) is 100 cm³/mol. The van der Waals surface area contributed by atoms with E-state index in [4.69, 9.17) is 0 Å². The fourth-order valence-electron chi connectivity index (χ4n) is 3.81. The van der Waals surface area contributed by atoms with Crippen LogP contribution in [0.15, 0.2) is 24.3 Å². The maximum absolute atomic E-state index is 12.2. The lowest BCUT2D eigenvalue weighted by Gasteiger charge is -2.17. The largest absolute Gasteiger partial charge is 0.299 e. The molecule has 0 saturated heterocycles. The Balaban J connectivity index is 1.86. The van der Waals surface area contributed by atoms with E-state index in [9.17, 15) is 4.79 Å². The summed E-state index contributed by atoms with van der Waals surface area (Å²) in [6.45, 7) is 4.48. The van der Waals surface area contributed by atoms with Crippen molar-refractivity contribution in [3.63, 3.8) is 0 Å². The zero-order chi connectivity index (χ0) is 17.6. The fraction of sp³-hybridized carbons (Fsp3) is 0.571. The average molecular weight is 339 g/mol. The molecular weight excluding hydrogens is 310 g/mol. The number of ketones is 1. The first-order valence-electron chi connectivity index (χ1n) is 9.78. The van der Waals surface area contributed by atoms with E-state index in [0.717, 1.165) is 35.7 Å². The number of unbranched alkanes of at least 4 members (excludes halogenated alkanes) is 4. The van der Waals surface area contributed by atoms with E-state index in [2.05, 4.69) is 40.7 Å². The van der Waals surface area contributed by atoms with Crippen molar-refractivity contribution in [3.05, 3.63) is 41.5 Å². The summed E-state index contributed by atoms with van der Waals surface area (Å²) in [5.74, 6) is 2.46. The van der Waals surface area contributed by atoms with E-state index in [1.54, 1.807) is 0 Å². The Bertz CT molecular complexity index is 720. The molecule has 0 radical (unpaired) electrons. The molecule has 1 aliphatic heterocycles. The highest BCUT2D eigenvalue weighted by Gasteiger charge is 2.26. The summed E-state index contributed by atoms with van der Waals surface area (Å²) in [7, 11) is 0. The van der Waals surface area contributed by atoms with Crippen molar-refractivity contribution in [3.8, 4) is 5.69 Å². The van der Waals surface area contributed by atoms with Gasteiger partial charge in [-0.15, -0.1) is 10.2 Å². The number of para-hydroxylation sites is 1. The SMILES string of the molecule is CCCCCCCC(CC)c1nnc2n1-c1ccccc1CC(=O)C2. The molecule has 0 spiro atoms. The summed E-state index contributed by atoms with van der Waals surface area (Å²) >= 11 is 0. The number of aromatic nitrogens is 3. The number of rotatable bonds is 8. The summed E-state index contributed by atoms with van der Waals surface area (Å²) in [5.41, 5.74) is 2.18. The number of nitrogens with zero attached hydrogens (tertiary/aromatic N) is 3. The van der Waals surface area contributed by atoms with E-state index in [-0.39, 0.29) is 5.78 Å². The van der Waals surface area contributed by atoms with E-state index in [1.165, 1.54) is 32.1 Å². The third kappa shape index (κ3) is 4.00. The van der Waals surface area contributed by atoms with Gasteiger partial charge >= 0.3 is 0 Å². The highest BCUT2D eigenvalue weighted by atomic mass is 16.1. The van der Waals surface area contributed by atoms with Gasteiger partial charge in [-0.3, -0.25) is 9.36 Å². The van der Waals surface area contributed by atoms with Crippen molar-refractivity contribution in [1.82, 2.24) is 14.8 Å². The summed E-state index contributed by atoms with van der Waals surface area (Å²) in [6.07, 6.45) is 9.54. The average Bonchev–Trinajstić information content (AvgIpc) is 2.95. The molecule has 1 aliphatic rings. The molecule has 1 atom stereocenters. The smallest absolute Gasteiger partial charge is 0.145 e. The van der Waals surface area contributed by atoms with E-state index >= 15 is 0 Å². The van der Waals surface area contributed by atoms with Crippen molar-refractivity contribution < 1.29 is 4.79 Å². The van der Waals surface area contributed by atoms with Crippen LogP contribution >= 0.6 is 0 Å². The third-order valence-electron chi connectivity index (χ3n) is 5.24. The lowest BCUT2D eigenvalue weighted by molar-refractivity contribution is -0.117. The van der Waals surface area contributed by atoms with Crippen molar-refractivity contribution in [1.29, 1.82) is 0 Å². The minimum absolute atomic E-state index is 0.220. The van der Waals surface area contributed by atoms with Crippen LogP contribution in [-0.2, 0) is 17.6 Å². The summed E-state index contributed by atoms with van der Waals surface area (Å²) in [6, 6.07) is 8.19. The van der Waals surface area contributed by atoms with Crippen molar-refractivity contribution in [2.24, 2.45) is 0 Å². The summed E-state index contributed by atoms with van der Waals surface area (Å²) in [5, 5.41) is 8.90. The normalized spacial score (nSPS) is 14.7. The van der Waals surface area contributed by atoms with Crippen LogP contribution in [0.4, 0.5) is 0 Å². The molecule has 4 nitrogen and oxygen atoms in total. The van der Waals surface area contributed by atoms with Gasteiger partial charge in [0.2, 0.25) is 0 Å². The molecule has 25 heavy (non-hydrogen) atoms. The van der Waals surface area contributed by atoms with Gasteiger partial charge in [-0.2, -0.15) is 0 Å². The second-order valence-electron chi connectivity index (χ2n) is 7.14. The van der Waals surface area contributed by atoms with Gasteiger partial charge in [-0.05, 0) is 24.5 Å². The van der Waals surface area contributed by atoms with Crippen LogP contribution in [0.25, 0.3) is 5.69 Å². The monoisotopic (exact) mass is 339 g/mol. The Hall–Kier alpha value is -1.97. The van der Waals surface area contributed by atoms with Gasteiger partial charge < -0.3 is 0 Å². The maximum atomic E-state index is 12.2. The van der Waals surface area contributed by atoms with Crippen molar-refractivity contribution in [2.75, 3.05) is 0 Å². The molecule has 3 rings (SSSR count). The first-order valence-corrected chi connectivity index (χ1v) is 9.78. The number of hydrogen-bond acceptors (Lipinski definition) is 3. The molecule has 0 fully saturated rings. The molecule has 2 aromatic rings. The van der Waals surface area contributed by atoms with E-state index in [0.29, 0.717) is 18.8 Å². The van der Waals surface area contributed by atoms with Gasteiger partial charge in [-0.25, -0.2) is 0 Å². The topological polar surface area (TPSA) is 47.8 Å². The zero-order valence-corrected chi connectivity index (χ0v) is 15.5. The molecule has 0 bridgehead atoms. The lowest BCUT2D eigenvalue weighted by Crippen LogP contribution is -2.10. The molecule has 1 unspecified atom stereocenters. The molecule has 4 heteroatoms. The highest BCUT2D eigenvalue weighted by molar-refractivity contribution is 5.84. The quantitative estimate of drug-likeness (QED) is 0.650. The van der Waals surface area contributed by atoms with Crippen LogP contribution in [0.1, 0.15) is 81.9 Å². The molecule has 2 heterocycles. The number of carbonyl (C=O) groups excluding carboxylic acids is 1. The Morgan fingerprint density at radius 2 is 1.84 bits per heavy atom. The van der Waals surface area contributed by atoms with Crippen molar-refractivity contribution in [2.45, 2.75) is 77.6 Å². The molecule has 0 amide bonds. The molecule has 0 aliphatic carbocycles. The Morgan fingerprint density at radius 3 is 2.64 bits per heavy atom.